The average molecular weight is 473 g/mol. The predicted molar refractivity (Wildman–Crippen MR) is 112 cm³/mol. The van der Waals surface area contributed by atoms with Crippen molar-refractivity contribution >= 4 is 5.97 Å². The second kappa shape index (κ2) is 11.3. The molecule has 0 N–H and O–H groups in total. The number of alkyl halides is 4. The summed E-state index contributed by atoms with van der Waals surface area (Å²) in [7, 11) is 2.47. The Hall–Kier alpha value is -2.95. The summed E-state index contributed by atoms with van der Waals surface area (Å²) in [5, 5.41) is 7.73. The number of esters is 1. The highest BCUT2D eigenvalue weighted by molar-refractivity contribution is 5.97. The van der Waals surface area contributed by atoms with Crippen LogP contribution in [0.2, 0.25) is 0 Å². The molecule has 7 nitrogen and oxygen atoms in total. The van der Waals surface area contributed by atoms with E-state index in [1.54, 1.807) is 19.1 Å². The molecule has 0 spiro atoms. The zero-order valence-electron chi connectivity index (χ0n) is 19.1. The molecular formula is C22H27F4N3O4. The molecule has 0 radical (unpaired) electrons. The zero-order valence-corrected chi connectivity index (χ0v) is 19.1. The second-order valence-electron chi connectivity index (χ2n) is 7.26. The van der Waals surface area contributed by atoms with Crippen LogP contribution in [0.4, 0.5) is 17.6 Å². The van der Waals surface area contributed by atoms with Crippen LogP contribution in [-0.2, 0) is 22.2 Å². The third-order valence-electron chi connectivity index (χ3n) is 5.03. The quantitative estimate of drug-likeness (QED) is 0.263. The summed E-state index contributed by atoms with van der Waals surface area (Å²) in [6.45, 7) is 4.81. The number of carbonyl (C=O) groups excluding carboxylic acids is 1. The molecule has 2 aromatic heterocycles. The monoisotopic (exact) mass is 473 g/mol. The van der Waals surface area contributed by atoms with Gasteiger partial charge in [0.2, 0.25) is 0 Å². The molecule has 0 aliphatic heterocycles. The smallest absolute Gasteiger partial charge is 0.433 e. The van der Waals surface area contributed by atoms with E-state index in [-0.39, 0.29) is 30.2 Å². The van der Waals surface area contributed by atoms with Gasteiger partial charge in [-0.2, -0.15) is 18.3 Å². The van der Waals surface area contributed by atoms with E-state index in [1.165, 1.54) is 20.1 Å². The molecule has 0 aliphatic rings. The van der Waals surface area contributed by atoms with Crippen LogP contribution in [0, 0.1) is 0 Å². The maximum Gasteiger partial charge on any atom is 0.433 e. The maximum absolute atomic E-state index is 13.9. The lowest BCUT2D eigenvalue weighted by molar-refractivity contribution is -0.144. The van der Waals surface area contributed by atoms with Crippen molar-refractivity contribution in [2.24, 2.45) is 0 Å². The summed E-state index contributed by atoms with van der Waals surface area (Å²) < 4.78 is 70.5. The number of rotatable bonds is 10. The molecule has 2 heterocycles. The van der Waals surface area contributed by atoms with Crippen LogP contribution in [0.1, 0.15) is 54.9 Å². The van der Waals surface area contributed by atoms with Gasteiger partial charge in [-0.1, -0.05) is 42.8 Å². The Bertz CT molecular complexity index is 1010. The summed E-state index contributed by atoms with van der Waals surface area (Å²) in [6.07, 6.45) is 0.143. The standard InChI is InChI=1S/C22H27F4N3O4/c1-6-15(9-7-8-13(2)23)14(3)18-17(21(30)32-5)19(33-28-18)16-12-27-29(10-11-31-4)20(16)22(24,25)26/h7-9,12-14H,6,10-11H2,1-5H3/b8-7-,15-9-. The van der Waals surface area contributed by atoms with E-state index in [4.69, 9.17) is 14.0 Å². The fourth-order valence-electron chi connectivity index (χ4n) is 3.36. The van der Waals surface area contributed by atoms with E-state index in [2.05, 4.69) is 10.3 Å². The van der Waals surface area contributed by atoms with Crippen LogP contribution in [0.25, 0.3) is 11.3 Å². The SMILES string of the molecule is CC/C(=C/C=C\C(C)F)C(C)c1noc(-c2cnn(CCOC)c2C(F)(F)F)c1C(=O)OC. The van der Waals surface area contributed by atoms with Gasteiger partial charge in [-0.15, -0.1) is 0 Å². The molecule has 2 unspecified atom stereocenters. The third-order valence-corrected chi connectivity index (χ3v) is 5.03. The number of halogens is 4. The largest absolute Gasteiger partial charge is 0.465 e. The zero-order chi connectivity index (χ0) is 24.8. The van der Waals surface area contributed by atoms with Gasteiger partial charge in [0.05, 0.1) is 32.0 Å². The Balaban J connectivity index is 2.65. The molecule has 0 bridgehead atoms. The summed E-state index contributed by atoms with van der Waals surface area (Å²) in [5.74, 6) is -1.80. The van der Waals surface area contributed by atoms with Crippen LogP contribution < -0.4 is 0 Å². The molecule has 0 aromatic carbocycles. The van der Waals surface area contributed by atoms with Gasteiger partial charge in [-0.3, -0.25) is 4.68 Å². The highest BCUT2D eigenvalue weighted by Gasteiger charge is 2.41. The van der Waals surface area contributed by atoms with Gasteiger partial charge < -0.3 is 14.0 Å². The first-order valence-electron chi connectivity index (χ1n) is 10.3. The molecule has 33 heavy (non-hydrogen) atoms. The maximum atomic E-state index is 13.9. The lowest BCUT2D eigenvalue weighted by Gasteiger charge is -2.14. The minimum atomic E-state index is -4.78. The lowest BCUT2D eigenvalue weighted by Crippen LogP contribution is -2.18. The molecule has 0 saturated carbocycles. The van der Waals surface area contributed by atoms with Crippen molar-refractivity contribution in [3.8, 4) is 11.3 Å². The number of methoxy groups -OCH3 is 2. The summed E-state index contributed by atoms with van der Waals surface area (Å²) in [6, 6.07) is 0. The number of hydrogen-bond acceptors (Lipinski definition) is 6. The normalized spacial score (nSPS) is 14.6. The van der Waals surface area contributed by atoms with Crippen molar-refractivity contribution in [3.05, 3.63) is 46.9 Å². The lowest BCUT2D eigenvalue weighted by atomic mass is 9.91. The Morgan fingerprint density at radius 3 is 2.55 bits per heavy atom. The minimum Gasteiger partial charge on any atom is -0.465 e. The first kappa shape index (κ1) is 26.3. The van der Waals surface area contributed by atoms with Crippen LogP contribution >= 0.6 is 0 Å². The Kier molecular flexibility index (Phi) is 8.98. The molecule has 182 valence electrons. The van der Waals surface area contributed by atoms with Gasteiger partial charge in [-0.05, 0) is 13.3 Å². The average Bonchev–Trinajstić information content (AvgIpc) is 3.38. The van der Waals surface area contributed by atoms with E-state index in [0.717, 1.165) is 23.6 Å². The number of allylic oxidation sites excluding steroid dienone is 4. The highest BCUT2D eigenvalue weighted by atomic mass is 19.4. The van der Waals surface area contributed by atoms with E-state index >= 15 is 0 Å². The van der Waals surface area contributed by atoms with Gasteiger partial charge in [0, 0.05) is 13.0 Å². The molecule has 0 amide bonds. The van der Waals surface area contributed by atoms with Crippen molar-refractivity contribution < 1.29 is 36.4 Å². The molecule has 0 fully saturated rings. The predicted octanol–water partition coefficient (Wildman–Crippen LogP) is 5.34. The molecule has 0 aliphatic carbocycles. The summed E-state index contributed by atoms with van der Waals surface area (Å²) in [4.78, 5) is 12.6. The highest BCUT2D eigenvalue weighted by Crippen LogP contribution is 2.41. The van der Waals surface area contributed by atoms with Gasteiger partial charge in [0.25, 0.3) is 0 Å². The van der Waals surface area contributed by atoms with E-state index in [1.807, 2.05) is 6.92 Å². The van der Waals surface area contributed by atoms with Gasteiger partial charge in [-0.25, -0.2) is 9.18 Å². The summed E-state index contributed by atoms with van der Waals surface area (Å²) >= 11 is 0. The van der Waals surface area contributed by atoms with E-state index in [9.17, 15) is 22.4 Å². The number of aromatic nitrogens is 3. The van der Waals surface area contributed by atoms with Gasteiger partial charge in [0.15, 0.2) is 11.5 Å². The summed E-state index contributed by atoms with van der Waals surface area (Å²) in [5.41, 5.74) is -0.860. The van der Waals surface area contributed by atoms with Crippen molar-refractivity contribution in [2.45, 2.75) is 52.0 Å². The van der Waals surface area contributed by atoms with Gasteiger partial charge in [0.1, 0.15) is 17.4 Å². The van der Waals surface area contributed by atoms with Crippen LogP contribution in [0.15, 0.2) is 34.5 Å². The first-order chi connectivity index (χ1) is 15.6. The number of nitrogens with zero attached hydrogens (tertiary/aromatic N) is 3. The fraction of sp³-hybridized carbons (Fsp3) is 0.500. The Morgan fingerprint density at radius 1 is 1.30 bits per heavy atom. The Labute approximate surface area is 189 Å². The third kappa shape index (κ3) is 6.10. The van der Waals surface area contributed by atoms with Crippen LogP contribution in [0.5, 0.6) is 0 Å². The molecule has 0 saturated heterocycles. The number of ether oxygens (including phenoxy) is 2. The molecule has 2 rings (SSSR count). The molecular weight excluding hydrogens is 446 g/mol. The van der Waals surface area contributed by atoms with E-state index in [0.29, 0.717) is 6.42 Å². The first-order valence-corrected chi connectivity index (χ1v) is 10.3. The molecule has 11 heteroatoms. The molecule has 2 aromatic rings. The van der Waals surface area contributed by atoms with Crippen molar-refractivity contribution in [1.29, 1.82) is 0 Å². The van der Waals surface area contributed by atoms with Crippen LogP contribution in [0.3, 0.4) is 0 Å². The van der Waals surface area contributed by atoms with E-state index < -0.39 is 35.5 Å². The Morgan fingerprint density at radius 2 is 2.00 bits per heavy atom. The van der Waals surface area contributed by atoms with Crippen molar-refractivity contribution in [3.63, 3.8) is 0 Å². The van der Waals surface area contributed by atoms with Crippen molar-refractivity contribution in [1.82, 2.24) is 14.9 Å². The second-order valence-corrected chi connectivity index (χ2v) is 7.26. The number of hydrogen-bond donors (Lipinski definition) is 0. The minimum absolute atomic E-state index is 0.00240. The number of carbonyl (C=O) groups is 1. The fourth-order valence-corrected chi connectivity index (χ4v) is 3.36. The topological polar surface area (TPSA) is 79.4 Å². The van der Waals surface area contributed by atoms with Gasteiger partial charge >= 0.3 is 12.1 Å². The van der Waals surface area contributed by atoms with Crippen molar-refractivity contribution in [2.75, 3.05) is 20.8 Å². The van der Waals surface area contributed by atoms with Crippen LogP contribution in [-0.4, -0.2) is 47.9 Å². The molecule has 2 atom stereocenters.